The zero-order valence-corrected chi connectivity index (χ0v) is 18.4. The van der Waals surface area contributed by atoms with Crippen LogP contribution >= 0.6 is 27.7 Å². The van der Waals surface area contributed by atoms with Crippen LogP contribution in [0.5, 0.6) is 11.5 Å². The maximum Gasteiger partial charge on any atom is 0.271 e. The molecule has 1 amide bonds. The molecule has 0 saturated carbocycles. The average molecular weight is 481 g/mol. The van der Waals surface area contributed by atoms with Crippen molar-refractivity contribution in [2.45, 2.75) is 0 Å². The number of nitrogens with zero attached hydrogens (tertiary/aromatic N) is 2. The highest BCUT2D eigenvalue weighted by Gasteiger charge is 2.34. The predicted molar refractivity (Wildman–Crippen MR) is 125 cm³/mol. The summed E-state index contributed by atoms with van der Waals surface area (Å²) in [5.74, 6) is 0.177. The van der Waals surface area contributed by atoms with Crippen LogP contribution in [0, 0.1) is 0 Å². The number of hydrogen-bond acceptors (Lipinski definition) is 5. The second-order valence-electron chi connectivity index (χ2n) is 6.37. The highest BCUT2D eigenvalue weighted by molar-refractivity contribution is 9.10. The number of aromatic hydroxyl groups is 1. The summed E-state index contributed by atoms with van der Waals surface area (Å²) in [7, 11) is 1.48. The molecule has 0 spiro atoms. The van der Waals surface area contributed by atoms with Gasteiger partial charge in [-0.2, -0.15) is 0 Å². The van der Waals surface area contributed by atoms with Gasteiger partial charge < -0.3 is 9.84 Å². The first kappa shape index (κ1) is 20.3. The van der Waals surface area contributed by atoms with Crippen molar-refractivity contribution in [2.24, 2.45) is 4.99 Å². The van der Waals surface area contributed by atoms with E-state index in [1.807, 2.05) is 60.7 Å². The van der Waals surface area contributed by atoms with Crippen LogP contribution in [-0.4, -0.2) is 23.3 Å². The number of aliphatic imine (C=N–C) groups is 1. The number of carbonyl (C=O) groups is 1. The summed E-state index contributed by atoms with van der Waals surface area (Å²) in [6.07, 6.45) is 1.77. The molecule has 0 aliphatic carbocycles. The molecule has 3 aromatic carbocycles. The standard InChI is InChI=1S/C23H17BrN2O3S/c1-29-19-13-15(12-18(24)21(19)27)14-20-22(28)26(17-10-6-3-7-11-17)23(30-20)25-16-8-4-2-5-9-16/h2-14,27H,1H3. The summed E-state index contributed by atoms with van der Waals surface area (Å²) in [5.41, 5.74) is 2.24. The summed E-state index contributed by atoms with van der Waals surface area (Å²) < 4.78 is 5.70. The molecule has 30 heavy (non-hydrogen) atoms. The fourth-order valence-corrected chi connectivity index (χ4v) is 4.41. The Morgan fingerprint density at radius 2 is 1.73 bits per heavy atom. The van der Waals surface area contributed by atoms with Gasteiger partial charge in [0.05, 0.1) is 27.9 Å². The number of amides is 1. The van der Waals surface area contributed by atoms with Crippen molar-refractivity contribution >= 4 is 56.2 Å². The monoisotopic (exact) mass is 480 g/mol. The molecule has 0 unspecified atom stereocenters. The van der Waals surface area contributed by atoms with Crippen molar-refractivity contribution < 1.29 is 14.6 Å². The van der Waals surface area contributed by atoms with Gasteiger partial charge in [-0.05, 0) is 75.7 Å². The molecule has 0 atom stereocenters. The second-order valence-corrected chi connectivity index (χ2v) is 8.23. The number of phenols is 1. The highest BCUT2D eigenvalue weighted by Crippen LogP contribution is 2.40. The van der Waals surface area contributed by atoms with E-state index >= 15 is 0 Å². The molecule has 4 rings (SSSR count). The smallest absolute Gasteiger partial charge is 0.271 e. The maximum absolute atomic E-state index is 13.3. The number of rotatable bonds is 4. The number of anilines is 1. The number of halogens is 1. The SMILES string of the molecule is COc1cc(C=C2SC(=Nc3ccccc3)N(c3ccccc3)C2=O)cc(Br)c1O. The number of benzene rings is 3. The van der Waals surface area contributed by atoms with Crippen LogP contribution in [0.3, 0.4) is 0 Å². The number of thioether (sulfide) groups is 1. The number of phenolic OH excluding ortho intramolecular Hbond substituents is 1. The van der Waals surface area contributed by atoms with Crippen molar-refractivity contribution in [3.05, 3.63) is 87.7 Å². The zero-order valence-electron chi connectivity index (χ0n) is 15.9. The minimum absolute atomic E-state index is 0.0160. The Morgan fingerprint density at radius 1 is 1.07 bits per heavy atom. The van der Waals surface area contributed by atoms with Crippen LogP contribution in [-0.2, 0) is 4.79 Å². The van der Waals surface area contributed by atoms with E-state index in [1.165, 1.54) is 18.9 Å². The summed E-state index contributed by atoms with van der Waals surface area (Å²) >= 11 is 4.63. The Kier molecular flexibility index (Phi) is 5.92. The number of ether oxygens (including phenoxy) is 1. The molecule has 7 heteroatoms. The number of hydrogen-bond donors (Lipinski definition) is 1. The van der Waals surface area contributed by atoms with Crippen molar-refractivity contribution in [3.8, 4) is 11.5 Å². The first-order chi connectivity index (χ1) is 14.6. The van der Waals surface area contributed by atoms with Gasteiger partial charge in [0.15, 0.2) is 16.7 Å². The molecule has 0 aromatic heterocycles. The van der Waals surface area contributed by atoms with E-state index in [2.05, 4.69) is 15.9 Å². The first-order valence-corrected chi connectivity index (χ1v) is 10.7. The Hall–Kier alpha value is -3.03. The normalized spacial score (nSPS) is 16.5. The lowest BCUT2D eigenvalue weighted by molar-refractivity contribution is -0.113. The Balaban J connectivity index is 1.78. The second kappa shape index (κ2) is 8.77. The van der Waals surface area contributed by atoms with E-state index in [-0.39, 0.29) is 11.7 Å². The molecule has 5 nitrogen and oxygen atoms in total. The molecular formula is C23H17BrN2O3S. The van der Waals surface area contributed by atoms with Crippen molar-refractivity contribution in [3.63, 3.8) is 0 Å². The topological polar surface area (TPSA) is 62.1 Å². The van der Waals surface area contributed by atoms with Crippen molar-refractivity contribution in [1.82, 2.24) is 0 Å². The van der Waals surface area contributed by atoms with Crippen molar-refractivity contribution in [2.75, 3.05) is 12.0 Å². The lowest BCUT2D eigenvalue weighted by Gasteiger charge is -2.15. The summed E-state index contributed by atoms with van der Waals surface area (Å²) in [4.78, 5) is 20.1. The van der Waals surface area contributed by atoms with E-state index in [0.29, 0.717) is 20.3 Å². The third kappa shape index (κ3) is 4.13. The zero-order chi connectivity index (χ0) is 21.1. The predicted octanol–water partition coefficient (Wildman–Crippen LogP) is 5.97. The molecule has 1 aliphatic heterocycles. The van der Waals surface area contributed by atoms with Gasteiger partial charge >= 0.3 is 0 Å². The summed E-state index contributed by atoms with van der Waals surface area (Å²) in [5, 5.41) is 10.6. The molecule has 0 radical (unpaired) electrons. The van der Waals surface area contributed by atoms with Gasteiger partial charge in [0.2, 0.25) is 0 Å². The molecule has 3 aromatic rings. The highest BCUT2D eigenvalue weighted by atomic mass is 79.9. The van der Waals surface area contributed by atoms with Gasteiger partial charge in [-0.25, -0.2) is 4.99 Å². The quantitative estimate of drug-likeness (QED) is 0.467. The molecule has 1 aliphatic rings. The average Bonchev–Trinajstić information content (AvgIpc) is 3.06. The summed E-state index contributed by atoms with van der Waals surface area (Å²) in [6.45, 7) is 0. The Labute approximate surface area is 186 Å². The van der Waals surface area contributed by atoms with Crippen LogP contribution in [0.1, 0.15) is 5.56 Å². The van der Waals surface area contributed by atoms with Gasteiger partial charge in [0.25, 0.3) is 5.91 Å². The lowest BCUT2D eigenvalue weighted by atomic mass is 10.2. The Morgan fingerprint density at radius 3 is 2.40 bits per heavy atom. The maximum atomic E-state index is 13.3. The van der Waals surface area contributed by atoms with E-state index in [1.54, 1.807) is 23.1 Å². The molecule has 1 heterocycles. The largest absolute Gasteiger partial charge is 0.503 e. The van der Waals surface area contributed by atoms with Gasteiger partial charge in [0, 0.05) is 0 Å². The summed E-state index contributed by atoms with van der Waals surface area (Å²) in [6, 6.07) is 22.4. The third-order valence-corrected chi connectivity index (χ3v) is 5.94. The van der Waals surface area contributed by atoms with E-state index in [0.717, 1.165) is 16.9 Å². The lowest BCUT2D eigenvalue weighted by Crippen LogP contribution is -2.28. The van der Waals surface area contributed by atoms with Crippen LogP contribution in [0.4, 0.5) is 11.4 Å². The van der Waals surface area contributed by atoms with E-state index in [9.17, 15) is 9.90 Å². The Bertz CT molecular complexity index is 1150. The van der Waals surface area contributed by atoms with Crippen molar-refractivity contribution in [1.29, 1.82) is 0 Å². The van der Waals surface area contributed by atoms with Gasteiger partial charge in [-0.3, -0.25) is 9.69 Å². The molecular weight excluding hydrogens is 464 g/mol. The van der Waals surface area contributed by atoms with Crippen LogP contribution in [0.2, 0.25) is 0 Å². The van der Waals surface area contributed by atoms with Gasteiger partial charge in [-0.15, -0.1) is 0 Å². The minimum atomic E-state index is -0.163. The molecule has 1 saturated heterocycles. The van der Waals surface area contributed by atoms with E-state index < -0.39 is 0 Å². The molecule has 0 bridgehead atoms. The van der Waals surface area contributed by atoms with E-state index in [4.69, 9.17) is 9.73 Å². The fraction of sp³-hybridized carbons (Fsp3) is 0.0435. The number of carbonyl (C=O) groups excluding carboxylic acids is 1. The molecule has 1 N–H and O–H groups in total. The molecule has 150 valence electrons. The minimum Gasteiger partial charge on any atom is -0.503 e. The van der Waals surface area contributed by atoms with Gasteiger partial charge in [-0.1, -0.05) is 36.4 Å². The fourth-order valence-electron chi connectivity index (χ4n) is 2.95. The van der Waals surface area contributed by atoms with Gasteiger partial charge in [0.1, 0.15) is 0 Å². The number of amidine groups is 1. The number of methoxy groups -OCH3 is 1. The number of para-hydroxylation sites is 2. The van der Waals surface area contributed by atoms with Crippen LogP contribution < -0.4 is 9.64 Å². The molecule has 1 fully saturated rings. The van der Waals surface area contributed by atoms with Crippen LogP contribution in [0.15, 0.2) is 87.2 Å². The third-order valence-electron chi connectivity index (χ3n) is 4.37. The first-order valence-electron chi connectivity index (χ1n) is 9.06. The van der Waals surface area contributed by atoms with Crippen LogP contribution in [0.25, 0.3) is 6.08 Å².